The van der Waals surface area contributed by atoms with Crippen molar-refractivity contribution in [3.63, 3.8) is 0 Å². The molecule has 1 aromatic heterocycles. The molecule has 1 saturated carbocycles. The first-order valence-corrected chi connectivity index (χ1v) is 14.1. The lowest BCUT2D eigenvalue weighted by Crippen LogP contribution is -2.51. The van der Waals surface area contributed by atoms with E-state index in [-0.39, 0.29) is 11.9 Å². The zero-order chi connectivity index (χ0) is 25.1. The Bertz CT molecular complexity index is 1210. The van der Waals surface area contributed by atoms with Crippen molar-refractivity contribution in [1.82, 2.24) is 16.0 Å². The molecule has 2 aromatic carbocycles. The molecule has 2 heterocycles. The summed E-state index contributed by atoms with van der Waals surface area (Å²) < 4.78 is 0. The summed E-state index contributed by atoms with van der Waals surface area (Å²) in [5, 5.41) is 13.7. The summed E-state index contributed by atoms with van der Waals surface area (Å²) in [6, 6.07) is 18.0. The topological polar surface area (TPSA) is 65.2 Å². The first-order chi connectivity index (χ1) is 17.5. The third-order valence-corrected chi connectivity index (χ3v) is 8.81. The van der Waals surface area contributed by atoms with E-state index in [1.54, 1.807) is 0 Å². The van der Waals surface area contributed by atoms with Crippen molar-refractivity contribution in [2.24, 2.45) is 0 Å². The summed E-state index contributed by atoms with van der Waals surface area (Å²) in [5.74, 6) is -0.0339. The van der Waals surface area contributed by atoms with E-state index in [9.17, 15) is 4.79 Å². The first kappa shape index (κ1) is 25.0. The number of aryl methyl sites for hydroxylation is 2. The second-order valence-electron chi connectivity index (χ2n) is 10.4. The molecule has 6 heteroatoms. The highest BCUT2D eigenvalue weighted by atomic mass is 32.1. The van der Waals surface area contributed by atoms with Crippen molar-refractivity contribution < 1.29 is 4.79 Å². The van der Waals surface area contributed by atoms with Crippen molar-refractivity contribution in [2.45, 2.75) is 71.1 Å². The highest BCUT2D eigenvalue weighted by Gasteiger charge is 2.19. The predicted molar refractivity (Wildman–Crippen MR) is 151 cm³/mol. The van der Waals surface area contributed by atoms with Crippen molar-refractivity contribution in [2.75, 3.05) is 18.4 Å². The molecule has 1 saturated heterocycles. The number of benzene rings is 2. The van der Waals surface area contributed by atoms with Crippen LogP contribution in [0.2, 0.25) is 0 Å². The number of carbonyl (C=O) groups excluding carboxylic acids is 1. The van der Waals surface area contributed by atoms with Crippen molar-refractivity contribution in [3.05, 3.63) is 75.7 Å². The molecule has 4 N–H and O–H groups in total. The summed E-state index contributed by atoms with van der Waals surface area (Å²) in [7, 11) is 0. The third kappa shape index (κ3) is 5.83. The van der Waals surface area contributed by atoms with E-state index in [0.717, 1.165) is 42.0 Å². The second kappa shape index (κ2) is 11.2. The molecule has 0 unspecified atom stereocenters. The van der Waals surface area contributed by atoms with Crippen LogP contribution in [0.25, 0.3) is 10.4 Å². The Hall–Kier alpha value is -2.67. The molecule has 1 aliphatic carbocycles. The molecule has 0 bridgehead atoms. The Balaban J connectivity index is 1.26. The maximum absolute atomic E-state index is 13.2. The van der Waals surface area contributed by atoms with Crippen LogP contribution in [0.1, 0.15) is 70.6 Å². The van der Waals surface area contributed by atoms with Gasteiger partial charge in [-0.15, -0.1) is 11.3 Å². The number of hydrogen-bond donors (Lipinski definition) is 4. The minimum atomic E-state index is -0.0898. The number of thiophene rings is 1. The maximum atomic E-state index is 13.2. The lowest BCUT2D eigenvalue weighted by atomic mass is 10.0. The normalized spacial score (nSPS) is 17.1. The van der Waals surface area contributed by atoms with Gasteiger partial charge in [-0.2, -0.15) is 0 Å². The summed E-state index contributed by atoms with van der Waals surface area (Å²) in [6.45, 7) is 9.13. The van der Waals surface area contributed by atoms with Gasteiger partial charge in [-0.3, -0.25) is 4.79 Å². The standard InChI is InChI=1S/C30H38N4OS/c1-19-11-12-25(34-26-16-31-17-26)15-28(19)30(35)33-21(3)22-7-6-8-23(14-22)29-20(2)13-27(36-29)18-32-24-9-4-5-10-24/h6-8,11-15,21,24,26,31-32,34H,4-5,9-10,16-18H2,1-3H3,(H,33,35)/t21-/m1/s1. The van der Waals surface area contributed by atoms with Crippen LogP contribution in [0.5, 0.6) is 0 Å². The van der Waals surface area contributed by atoms with Gasteiger partial charge >= 0.3 is 0 Å². The molecule has 5 nitrogen and oxygen atoms in total. The van der Waals surface area contributed by atoms with Crippen LogP contribution >= 0.6 is 11.3 Å². The number of carbonyl (C=O) groups is 1. The maximum Gasteiger partial charge on any atom is 0.252 e. The third-order valence-electron chi connectivity index (χ3n) is 7.52. The molecule has 5 rings (SSSR count). The Labute approximate surface area is 219 Å². The molecule has 1 amide bonds. The van der Waals surface area contributed by atoms with Crippen LogP contribution in [0.3, 0.4) is 0 Å². The number of amides is 1. The molecular formula is C30H38N4OS. The van der Waals surface area contributed by atoms with Crippen molar-refractivity contribution in [3.8, 4) is 10.4 Å². The fourth-order valence-corrected chi connectivity index (χ4v) is 6.30. The van der Waals surface area contributed by atoms with E-state index in [0.29, 0.717) is 12.1 Å². The van der Waals surface area contributed by atoms with Crippen molar-refractivity contribution in [1.29, 1.82) is 0 Å². The Morgan fingerprint density at radius 1 is 1.03 bits per heavy atom. The Morgan fingerprint density at radius 3 is 2.58 bits per heavy atom. The predicted octanol–water partition coefficient (Wildman–Crippen LogP) is 5.94. The molecule has 36 heavy (non-hydrogen) atoms. The van der Waals surface area contributed by atoms with Gasteiger partial charge in [0.1, 0.15) is 0 Å². The van der Waals surface area contributed by atoms with Gasteiger partial charge in [0.15, 0.2) is 0 Å². The second-order valence-corrected chi connectivity index (χ2v) is 11.6. The zero-order valence-corrected chi connectivity index (χ0v) is 22.4. The summed E-state index contributed by atoms with van der Waals surface area (Å²) >= 11 is 1.88. The highest BCUT2D eigenvalue weighted by molar-refractivity contribution is 7.15. The monoisotopic (exact) mass is 502 g/mol. The van der Waals surface area contributed by atoms with E-state index in [4.69, 9.17) is 0 Å². The number of anilines is 1. The van der Waals surface area contributed by atoms with Gasteiger partial charge in [0.2, 0.25) is 0 Å². The van der Waals surface area contributed by atoms with E-state index < -0.39 is 0 Å². The van der Waals surface area contributed by atoms with Crippen LogP contribution in [-0.2, 0) is 6.54 Å². The van der Waals surface area contributed by atoms with Gasteiger partial charge in [-0.25, -0.2) is 0 Å². The molecule has 2 fully saturated rings. The van der Waals surface area contributed by atoms with Gasteiger partial charge in [0, 0.05) is 46.7 Å². The summed E-state index contributed by atoms with van der Waals surface area (Å²) in [4.78, 5) is 15.9. The molecule has 0 spiro atoms. The van der Waals surface area contributed by atoms with Gasteiger partial charge in [0.05, 0.1) is 12.1 Å². The molecular weight excluding hydrogens is 464 g/mol. The van der Waals surface area contributed by atoms with Crippen molar-refractivity contribution >= 4 is 22.9 Å². The Morgan fingerprint density at radius 2 is 1.83 bits per heavy atom. The first-order valence-electron chi connectivity index (χ1n) is 13.3. The highest BCUT2D eigenvalue weighted by Crippen LogP contribution is 2.34. The quantitative estimate of drug-likeness (QED) is 0.292. The smallest absolute Gasteiger partial charge is 0.252 e. The lowest BCUT2D eigenvalue weighted by Gasteiger charge is -2.29. The summed E-state index contributed by atoms with van der Waals surface area (Å²) in [5.41, 5.74) is 6.37. The number of nitrogens with one attached hydrogen (secondary N) is 4. The average Bonchev–Trinajstić information content (AvgIpc) is 3.50. The van der Waals surface area contributed by atoms with Crippen LogP contribution < -0.4 is 21.3 Å². The SMILES string of the molecule is Cc1ccc(NC2CNC2)cc1C(=O)N[C@H](C)c1cccc(-c2sc(CNC3CCCC3)cc2C)c1. The lowest BCUT2D eigenvalue weighted by molar-refractivity contribution is 0.0939. The van der Waals surface area contributed by atoms with Crippen LogP contribution in [0, 0.1) is 13.8 Å². The number of rotatable bonds is 9. The fraction of sp³-hybridized carbons (Fsp3) is 0.433. The molecule has 2 aliphatic rings. The minimum absolute atomic E-state index is 0.0339. The fourth-order valence-electron chi connectivity index (χ4n) is 5.19. The molecule has 0 radical (unpaired) electrons. The summed E-state index contributed by atoms with van der Waals surface area (Å²) in [6.07, 6.45) is 5.32. The van der Waals surface area contributed by atoms with E-state index >= 15 is 0 Å². The van der Waals surface area contributed by atoms with Crippen LogP contribution in [0.4, 0.5) is 5.69 Å². The minimum Gasteiger partial charge on any atom is -0.380 e. The largest absolute Gasteiger partial charge is 0.380 e. The van der Waals surface area contributed by atoms with Gasteiger partial charge in [-0.05, 0) is 80.1 Å². The molecule has 1 aliphatic heterocycles. The van der Waals surface area contributed by atoms with E-state index in [1.165, 1.54) is 46.6 Å². The number of hydrogen-bond acceptors (Lipinski definition) is 5. The zero-order valence-electron chi connectivity index (χ0n) is 21.6. The van der Waals surface area contributed by atoms with E-state index in [2.05, 4.69) is 71.5 Å². The van der Waals surface area contributed by atoms with Gasteiger partial charge in [0.25, 0.3) is 5.91 Å². The molecule has 3 aromatic rings. The Kier molecular flexibility index (Phi) is 7.75. The van der Waals surface area contributed by atoms with Gasteiger partial charge < -0.3 is 21.3 Å². The molecule has 1 atom stereocenters. The van der Waals surface area contributed by atoms with Crippen LogP contribution in [-0.4, -0.2) is 31.1 Å². The van der Waals surface area contributed by atoms with E-state index in [1.807, 2.05) is 30.4 Å². The van der Waals surface area contributed by atoms with Gasteiger partial charge in [-0.1, -0.05) is 37.1 Å². The van der Waals surface area contributed by atoms with Crippen LogP contribution in [0.15, 0.2) is 48.5 Å². The molecule has 190 valence electrons. The average molecular weight is 503 g/mol.